The smallest absolute Gasteiger partial charge is 0.338 e. The Morgan fingerprint density at radius 3 is 2.65 bits per heavy atom. The van der Waals surface area contributed by atoms with E-state index in [4.69, 9.17) is 11.6 Å². The molecule has 4 aromatic heterocycles. The third kappa shape index (κ3) is 5.58. The van der Waals surface area contributed by atoms with Crippen molar-refractivity contribution < 1.29 is 14.3 Å². The Hall–Kier alpha value is -4.81. The molecule has 1 saturated heterocycles. The molecule has 5 heterocycles. The molecule has 0 amide bonds. The summed E-state index contributed by atoms with van der Waals surface area (Å²) in [5, 5.41) is 22.9. The molecule has 1 N–H and O–H groups in total. The fraction of sp³-hybridized carbons (Fsp3) is 0.306. The third-order valence-electron chi connectivity index (χ3n) is 9.50. The van der Waals surface area contributed by atoms with Gasteiger partial charge in [-0.05, 0) is 56.5 Å². The standard InChI is InChI=1S/C36H30ClFN6O3S/c1-22-17-24-20-41-33(42-13-15-43(16-14-42)36(7-8-36)9-10-38)28(19-39)30(24)34(45)44(22)12-2-3-23-4-5-25(37)18-27(23)26-6-11-40-31-29(35(46)47)21-48-32(26)31/h4-6,11,17-18,20-21H,7-10,12-16H2,1H3,(H,46,47). The summed E-state index contributed by atoms with van der Waals surface area (Å²) >= 11 is 7.68. The van der Waals surface area contributed by atoms with E-state index in [2.05, 4.69) is 37.7 Å². The van der Waals surface area contributed by atoms with Crippen molar-refractivity contribution in [1.29, 1.82) is 5.26 Å². The number of carbonyl (C=O) groups is 1. The lowest BCUT2D eigenvalue weighted by Gasteiger charge is -2.40. The van der Waals surface area contributed by atoms with Gasteiger partial charge in [0.25, 0.3) is 5.56 Å². The van der Waals surface area contributed by atoms with Gasteiger partial charge in [0.05, 0.1) is 34.4 Å². The highest BCUT2D eigenvalue weighted by Crippen LogP contribution is 2.45. The van der Waals surface area contributed by atoms with Crippen LogP contribution in [0.1, 0.15) is 46.4 Å². The molecular weight excluding hydrogens is 651 g/mol. The summed E-state index contributed by atoms with van der Waals surface area (Å²) in [4.78, 5) is 39.1. The molecule has 2 aliphatic rings. The number of rotatable bonds is 7. The van der Waals surface area contributed by atoms with Gasteiger partial charge in [0.15, 0.2) is 0 Å². The number of nitriles is 1. The Labute approximate surface area is 284 Å². The number of aromatic carboxylic acids is 1. The van der Waals surface area contributed by atoms with Crippen LogP contribution in [0.4, 0.5) is 10.2 Å². The number of carboxylic acids is 1. The molecule has 0 bridgehead atoms. The minimum Gasteiger partial charge on any atom is -0.478 e. The van der Waals surface area contributed by atoms with Crippen LogP contribution < -0.4 is 10.5 Å². The number of nitrogens with zero attached hydrogens (tertiary/aromatic N) is 6. The molecule has 48 heavy (non-hydrogen) atoms. The molecule has 0 radical (unpaired) electrons. The number of carboxylic acid groups (broad SMARTS) is 1. The van der Waals surface area contributed by atoms with Crippen LogP contribution >= 0.6 is 22.9 Å². The molecule has 1 aliphatic carbocycles. The summed E-state index contributed by atoms with van der Waals surface area (Å²) < 4.78 is 15.4. The maximum absolute atomic E-state index is 14.0. The number of piperazine rings is 1. The third-order valence-corrected chi connectivity index (χ3v) is 10.7. The average Bonchev–Trinajstić information content (AvgIpc) is 3.73. The molecule has 0 spiro atoms. The van der Waals surface area contributed by atoms with Crippen molar-refractivity contribution in [1.82, 2.24) is 19.4 Å². The first kappa shape index (κ1) is 31.8. The summed E-state index contributed by atoms with van der Waals surface area (Å²) in [7, 11) is 0. The molecule has 2 fully saturated rings. The van der Waals surface area contributed by atoms with E-state index < -0.39 is 5.97 Å². The predicted molar refractivity (Wildman–Crippen MR) is 186 cm³/mol. The number of pyridine rings is 3. The van der Waals surface area contributed by atoms with Crippen molar-refractivity contribution in [3.8, 4) is 29.0 Å². The van der Waals surface area contributed by atoms with Crippen LogP contribution in [0.15, 0.2) is 52.9 Å². The molecule has 12 heteroatoms. The number of anilines is 1. The number of alkyl halides is 1. The van der Waals surface area contributed by atoms with Gasteiger partial charge in [-0.15, -0.1) is 11.3 Å². The summed E-state index contributed by atoms with van der Waals surface area (Å²) in [6.07, 6.45) is 5.82. The zero-order valence-corrected chi connectivity index (χ0v) is 27.7. The first-order valence-electron chi connectivity index (χ1n) is 15.6. The monoisotopic (exact) mass is 680 g/mol. The lowest BCUT2D eigenvalue weighted by atomic mass is 10.00. The molecule has 1 aromatic carbocycles. The van der Waals surface area contributed by atoms with Crippen molar-refractivity contribution in [2.45, 2.75) is 38.3 Å². The van der Waals surface area contributed by atoms with Gasteiger partial charge in [-0.1, -0.05) is 23.4 Å². The summed E-state index contributed by atoms with van der Waals surface area (Å²) in [6, 6.07) is 11.2. The molecule has 5 aromatic rings. The number of halogens is 2. The lowest BCUT2D eigenvalue weighted by molar-refractivity contribution is 0.0699. The molecule has 9 nitrogen and oxygen atoms in total. The van der Waals surface area contributed by atoms with Crippen LogP contribution in [0.5, 0.6) is 0 Å². The molecular formula is C36H30ClFN6O3S. The van der Waals surface area contributed by atoms with Gasteiger partial charge in [-0.25, -0.2) is 9.78 Å². The Morgan fingerprint density at radius 1 is 1.15 bits per heavy atom. The zero-order chi connectivity index (χ0) is 33.6. The minimum atomic E-state index is -1.05. The fourth-order valence-corrected chi connectivity index (χ4v) is 7.99. The van der Waals surface area contributed by atoms with Gasteiger partial charge in [-0.3, -0.25) is 19.1 Å². The van der Waals surface area contributed by atoms with E-state index in [0.717, 1.165) is 37.1 Å². The molecule has 242 valence electrons. The number of aryl methyl sites for hydroxylation is 1. The average molecular weight is 681 g/mol. The van der Waals surface area contributed by atoms with Crippen LogP contribution in [0.25, 0.3) is 32.1 Å². The maximum Gasteiger partial charge on any atom is 0.338 e. The molecule has 1 saturated carbocycles. The summed E-state index contributed by atoms with van der Waals surface area (Å²) in [5.74, 6) is 5.78. The van der Waals surface area contributed by atoms with Crippen molar-refractivity contribution in [2.24, 2.45) is 0 Å². The summed E-state index contributed by atoms with van der Waals surface area (Å²) in [5.41, 5.74) is 3.27. The molecule has 1 aliphatic heterocycles. The van der Waals surface area contributed by atoms with Crippen LogP contribution in [-0.2, 0) is 6.54 Å². The van der Waals surface area contributed by atoms with E-state index in [0.29, 0.717) is 62.6 Å². The van der Waals surface area contributed by atoms with E-state index in [9.17, 15) is 24.3 Å². The van der Waals surface area contributed by atoms with E-state index in [-0.39, 0.29) is 35.4 Å². The van der Waals surface area contributed by atoms with Gasteiger partial charge in [0.1, 0.15) is 17.5 Å². The van der Waals surface area contributed by atoms with Gasteiger partial charge < -0.3 is 14.6 Å². The number of thiophene rings is 1. The topological polar surface area (TPSA) is 115 Å². The van der Waals surface area contributed by atoms with Crippen molar-refractivity contribution in [3.05, 3.63) is 85.9 Å². The van der Waals surface area contributed by atoms with Gasteiger partial charge >= 0.3 is 5.97 Å². The number of hydrogen-bond donors (Lipinski definition) is 1. The normalized spacial score (nSPS) is 15.7. The van der Waals surface area contributed by atoms with Crippen molar-refractivity contribution >= 4 is 55.7 Å². The highest BCUT2D eigenvalue weighted by molar-refractivity contribution is 7.18. The Kier molecular flexibility index (Phi) is 8.38. The number of hydrogen-bond acceptors (Lipinski definition) is 8. The van der Waals surface area contributed by atoms with E-state index in [1.54, 1.807) is 40.5 Å². The zero-order valence-electron chi connectivity index (χ0n) is 26.1. The van der Waals surface area contributed by atoms with Crippen LogP contribution in [0, 0.1) is 30.1 Å². The fourth-order valence-electron chi connectivity index (χ4n) is 6.79. The van der Waals surface area contributed by atoms with E-state index >= 15 is 0 Å². The first-order chi connectivity index (χ1) is 23.2. The van der Waals surface area contributed by atoms with E-state index in [1.165, 1.54) is 11.3 Å². The van der Waals surface area contributed by atoms with Gasteiger partial charge in [0.2, 0.25) is 0 Å². The second-order valence-electron chi connectivity index (χ2n) is 12.2. The second-order valence-corrected chi connectivity index (χ2v) is 13.5. The van der Waals surface area contributed by atoms with Crippen molar-refractivity contribution in [2.75, 3.05) is 37.8 Å². The minimum absolute atomic E-state index is 0.0207. The van der Waals surface area contributed by atoms with Gasteiger partial charge in [0, 0.05) is 82.3 Å². The highest BCUT2D eigenvalue weighted by atomic mass is 35.5. The van der Waals surface area contributed by atoms with E-state index in [1.807, 2.05) is 19.1 Å². The number of aromatic nitrogens is 3. The van der Waals surface area contributed by atoms with Crippen LogP contribution in [0.3, 0.4) is 0 Å². The van der Waals surface area contributed by atoms with Crippen molar-refractivity contribution in [3.63, 3.8) is 0 Å². The molecule has 0 atom stereocenters. The quantitative estimate of drug-likeness (QED) is 0.200. The Balaban J connectivity index is 1.21. The maximum atomic E-state index is 14.0. The summed E-state index contributed by atoms with van der Waals surface area (Å²) in [6.45, 7) is 4.37. The largest absolute Gasteiger partial charge is 0.478 e. The van der Waals surface area contributed by atoms with Gasteiger partial charge in [-0.2, -0.15) is 5.26 Å². The highest BCUT2D eigenvalue weighted by Gasteiger charge is 2.48. The number of benzene rings is 1. The molecule has 0 unspecified atom stereocenters. The van der Waals surface area contributed by atoms with Crippen LogP contribution in [0.2, 0.25) is 5.02 Å². The predicted octanol–water partition coefficient (Wildman–Crippen LogP) is 6.27. The first-order valence-corrected chi connectivity index (χ1v) is 16.9. The lowest BCUT2D eigenvalue weighted by Crippen LogP contribution is -2.52. The Morgan fingerprint density at radius 2 is 1.94 bits per heavy atom. The molecule has 7 rings (SSSR count). The Bertz CT molecular complexity index is 2270. The number of fused-ring (bicyclic) bond motifs is 2. The second kappa shape index (κ2) is 12.7. The van der Waals surface area contributed by atoms with Crippen LogP contribution in [-0.4, -0.2) is 68.9 Å². The SMILES string of the molecule is Cc1cc2cnc(N3CCN(C4(CCF)CC4)CC3)c(C#N)c2c(=O)n1CC#Cc1ccc(Cl)cc1-c1ccnc2c(C(=O)O)csc12.